The van der Waals surface area contributed by atoms with Crippen molar-refractivity contribution in [3.05, 3.63) is 23.8 Å². The Balaban J connectivity index is 2.00. The van der Waals surface area contributed by atoms with Crippen LogP contribution in [0.1, 0.15) is 18.1 Å². The summed E-state index contributed by atoms with van der Waals surface area (Å²) in [6.07, 6.45) is 1.34. The Morgan fingerprint density at radius 1 is 1.40 bits per heavy atom. The fourth-order valence-electron chi connectivity index (χ4n) is 2.35. The summed E-state index contributed by atoms with van der Waals surface area (Å²) in [5.41, 5.74) is 1.17. The molecule has 3 rings (SSSR count). The van der Waals surface area contributed by atoms with Crippen molar-refractivity contribution in [3.63, 3.8) is 0 Å². The minimum Gasteiger partial charge on any atom is -0.497 e. The summed E-state index contributed by atoms with van der Waals surface area (Å²) in [4.78, 5) is 0. The first-order valence-electron chi connectivity index (χ1n) is 5.31. The molecule has 3 nitrogen and oxygen atoms in total. The van der Waals surface area contributed by atoms with E-state index in [4.69, 9.17) is 14.2 Å². The van der Waals surface area contributed by atoms with Crippen LogP contribution in [0, 0.1) is 5.92 Å². The zero-order chi connectivity index (χ0) is 10.3. The first kappa shape index (κ1) is 9.04. The molecule has 0 aromatic heterocycles. The molecule has 1 fully saturated rings. The smallest absolute Gasteiger partial charge is 0.128 e. The van der Waals surface area contributed by atoms with E-state index in [2.05, 4.69) is 6.07 Å². The van der Waals surface area contributed by atoms with E-state index in [1.165, 1.54) is 5.56 Å². The highest BCUT2D eigenvalue weighted by Crippen LogP contribution is 2.43. The molecule has 2 aliphatic heterocycles. The maximum atomic E-state index is 5.74. The van der Waals surface area contributed by atoms with E-state index in [0.717, 1.165) is 31.1 Å². The van der Waals surface area contributed by atoms with Crippen LogP contribution >= 0.6 is 0 Å². The van der Waals surface area contributed by atoms with Gasteiger partial charge in [0.25, 0.3) is 0 Å². The van der Waals surface area contributed by atoms with Gasteiger partial charge in [-0.1, -0.05) is 0 Å². The molecule has 2 heterocycles. The van der Waals surface area contributed by atoms with Crippen LogP contribution in [0.5, 0.6) is 11.5 Å². The van der Waals surface area contributed by atoms with Gasteiger partial charge in [0.2, 0.25) is 0 Å². The van der Waals surface area contributed by atoms with Gasteiger partial charge in [-0.3, -0.25) is 0 Å². The number of hydrogen-bond acceptors (Lipinski definition) is 3. The first-order valence-corrected chi connectivity index (χ1v) is 5.31. The lowest BCUT2D eigenvalue weighted by Gasteiger charge is -2.27. The second-order valence-electron chi connectivity index (χ2n) is 4.05. The van der Waals surface area contributed by atoms with E-state index in [0.29, 0.717) is 5.92 Å². The number of fused-ring (bicyclic) bond motifs is 3. The molecule has 1 saturated heterocycles. The van der Waals surface area contributed by atoms with Crippen LogP contribution in [0.4, 0.5) is 0 Å². The average Bonchev–Trinajstić information content (AvgIpc) is 2.76. The summed E-state index contributed by atoms with van der Waals surface area (Å²) in [5, 5.41) is 0. The summed E-state index contributed by atoms with van der Waals surface area (Å²) in [7, 11) is 1.67. The third kappa shape index (κ3) is 1.38. The van der Waals surface area contributed by atoms with Gasteiger partial charge in [-0.25, -0.2) is 0 Å². The SMILES string of the molecule is COc1ccc2c(c1)OCC1CCOC21. The molecule has 2 atom stereocenters. The lowest BCUT2D eigenvalue weighted by atomic mass is 9.93. The number of ether oxygens (including phenoxy) is 3. The van der Waals surface area contributed by atoms with Gasteiger partial charge in [-0.05, 0) is 18.6 Å². The van der Waals surface area contributed by atoms with Gasteiger partial charge < -0.3 is 14.2 Å². The Labute approximate surface area is 89.0 Å². The molecule has 0 radical (unpaired) electrons. The summed E-state index contributed by atoms with van der Waals surface area (Å²) < 4.78 is 16.6. The molecular formula is C12H14O3. The zero-order valence-corrected chi connectivity index (χ0v) is 8.73. The van der Waals surface area contributed by atoms with Crippen LogP contribution in [-0.4, -0.2) is 20.3 Å². The third-order valence-corrected chi connectivity index (χ3v) is 3.19. The van der Waals surface area contributed by atoms with E-state index in [1.807, 2.05) is 12.1 Å². The molecular weight excluding hydrogens is 192 g/mol. The number of rotatable bonds is 1. The first-order chi connectivity index (χ1) is 7.38. The predicted molar refractivity (Wildman–Crippen MR) is 55.3 cm³/mol. The second-order valence-corrected chi connectivity index (χ2v) is 4.05. The molecule has 2 unspecified atom stereocenters. The van der Waals surface area contributed by atoms with Crippen LogP contribution in [0.25, 0.3) is 0 Å². The van der Waals surface area contributed by atoms with E-state index in [1.54, 1.807) is 7.11 Å². The highest BCUT2D eigenvalue weighted by molar-refractivity contribution is 5.43. The Hall–Kier alpha value is -1.22. The molecule has 0 spiro atoms. The number of methoxy groups -OCH3 is 1. The normalized spacial score (nSPS) is 27.8. The van der Waals surface area contributed by atoms with Crippen LogP contribution in [0.3, 0.4) is 0 Å². The minimum atomic E-state index is 0.236. The Bertz CT molecular complexity index is 375. The van der Waals surface area contributed by atoms with Gasteiger partial charge in [0.1, 0.15) is 11.5 Å². The van der Waals surface area contributed by atoms with Gasteiger partial charge in [-0.2, -0.15) is 0 Å². The van der Waals surface area contributed by atoms with Gasteiger partial charge in [0, 0.05) is 24.2 Å². The fraction of sp³-hybridized carbons (Fsp3) is 0.500. The highest BCUT2D eigenvalue weighted by atomic mass is 16.5. The average molecular weight is 206 g/mol. The van der Waals surface area contributed by atoms with Crippen molar-refractivity contribution in [2.75, 3.05) is 20.3 Å². The van der Waals surface area contributed by atoms with Crippen LogP contribution in [0.2, 0.25) is 0 Å². The molecule has 2 aliphatic rings. The van der Waals surface area contributed by atoms with Gasteiger partial charge in [-0.15, -0.1) is 0 Å². The van der Waals surface area contributed by atoms with Crippen molar-refractivity contribution in [1.29, 1.82) is 0 Å². The topological polar surface area (TPSA) is 27.7 Å². The monoisotopic (exact) mass is 206 g/mol. The summed E-state index contributed by atoms with van der Waals surface area (Å²) >= 11 is 0. The zero-order valence-electron chi connectivity index (χ0n) is 8.73. The molecule has 1 aromatic rings. The molecule has 15 heavy (non-hydrogen) atoms. The summed E-state index contributed by atoms with van der Waals surface area (Å²) in [6.45, 7) is 1.62. The van der Waals surface area contributed by atoms with Crippen molar-refractivity contribution in [3.8, 4) is 11.5 Å². The molecule has 0 bridgehead atoms. The van der Waals surface area contributed by atoms with Crippen molar-refractivity contribution >= 4 is 0 Å². The van der Waals surface area contributed by atoms with E-state index in [-0.39, 0.29) is 6.10 Å². The molecule has 1 aromatic carbocycles. The van der Waals surface area contributed by atoms with Gasteiger partial charge in [0.15, 0.2) is 0 Å². The van der Waals surface area contributed by atoms with E-state index in [9.17, 15) is 0 Å². The van der Waals surface area contributed by atoms with E-state index >= 15 is 0 Å². The number of benzene rings is 1. The second kappa shape index (κ2) is 3.42. The Morgan fingerprint density at radius 2 is 2.33 bits per heavy atom. The van der Waals surface area contributed by atoms with Crippen molar-refractivity contribution in [2.45, 2.75) is 12.5 Å². The van der Waals surface area contributed by atoms with Gasteiger partial charge >= 0.3 is 0 Å². The van der Waals surface area contributed by atoms with Crippen molar-refractivity contribution in [2.24, 2.45) is 5.92 Å². The molecule has 0 N–H and O–H groups in total. The largest absolute Gasteiger partial charge is 0.497 e. The maximum absolute atomic E-state index is 5.74. The molecule has 80 valence electrons. The summed E-state index contributed by atoms with van der Waals surface area (Å²) in [5.74, 6) is 2.29. The predicted octanol–water partition coefficient (Wildman–Crippen LogP) is 2.17. The molecule has 0 saturated carbocycles. The third-order valence-electron chi connectivity index (χ3n) is 3.19. The Kier molecular flexibility index (Phi) is 2.06. The Morgan fingerprint density at radius 3 is 3.20 bits per heavy atom. The molecule has 3 heteroatoms. The lowest BCUT2D eigenvalue weighted by Crippen LogP contribution is -2.22. The summed E-state index contributed by atoms with van der Waals surface area (Å²) in [6, 6.07) is 5.95. The van der Waals surface area contributed by atoms with Crippen molar-refractivity contribution < 1.29 is 14.2 Å². The molecule has 0 amide bonds. The van der Waals surface area contributed by atoms with Crippen LogP contribution in [0.15, 0.2) is 18.2 Å². The highest BCUT2D eigenvalue weighted by Gasteiger charge is 2.35. The van der Waals surface area contributed by atoms with Gasteiger partial charge in [0.05, 0.1) is 19.8 Å². The molecule has 0 aliphatic carbocycles. The number of hydrogen-bond donors (Lipinski definition) is 0. The lowest BCUT2D eigenvalue weighted by molar-refractivity contribution is 0.0577. The standard InChI is InChI=1S/C12H14O3/c1-13-9-2-3-10-11(6-9)15-7-8-4-5-14-12(8)10/h2-3,6,8,12H,4-5,7H2,1H3. The quantitative estimate of drug-likeness (QED) is 0.704. The van der Waals surface area contributed by atoms with Crippen LogP contribution < -0.4 is 9.47 Å². The van der Waals surface area contributed by atoms with Crippen LogP contribution in [-0.2, 0) is 4.74 Å². The minimum absolute atomic E-state index is 0.236. The van der Waals surface area contributed by atoms with Crippen molar-refractivity contribution in [1.82, 2.24) is 0 Å². The maximum Gasteiger partial charge on any atom is 0.128 e. The van der Waals surface area contributed by atoms with E-state index < -0.39 is 0 Å². The fourth-order valence-corrected chi connectivity index (χ4v) is 2.35.